The molecule has 2 aromatic carbocycles. The molecule has 0 aliphatic rings. The molecule has 0 radical (unpaired) electrons. The minimum atomic E-state index is 0.0115. The third-order valence-corrected chi connectivity index (χ3v) is 5.61. The number of benzene rings is 2. The van der Waals surface area contributed by atoms with Gasteiger partial charge in [0.1, 0.15) is 5.65 Å². The van der Waals surface area contributed by atoms with Crippen molar-refractivity contribution in [2.75, 3.05) is 33.2 Å². The van der Waals surface area contributed by atoms with Crippen molar-refractivity contribution in [1.29, 1.82) is 0 Å². The Bertz CT molecular complexity index is 1340. The van der Waals surface area contributed by atoms with Crippen LogP contribution in [0.25, 0.3) is 16.7 Å². The van der Waals surface area contributed by atoms with E-state index in [4.69, 9.17) is 19.2 Å². The van der Waals surface area contributed by atoms with Crippen molar-refractivity contribution < 1.29 is 19.0 Å². The highest BCUT2D eigenvalue weighted by Gasteiger charge is 2.15. The quantitative estimate of drug-likeness (QED) is 0.338. The van der Waals surface area contributed by atoms with E-state index in [1.54, 1.807) is 39.7 Å². The van der Waals surface area contributed by atoms with Crippen LogP contribution in [0.2, 0.25) is 0 Å². The second-order valence-electron chi connectivity index (χ2n) is 8.74. The standard InChI is InChI=1S/C27H31N5O4/c1-17(2)15-28-24(33)12-18-7-6-8-21(11-18)32-10-9-19-16-29-27(31-26(19)32)30-20-13-22(34-3)25(36-5)23(14-20)35-4/h6-11,13-14,16-17H,12,15H2,1-5H3,(H,28,33)(H,29,30,31). The highest BCUT2D eigenvalue weighted by atomic mass is 16.5. The van der Waals surface area contributed by atoms with E-state index >= 15 is 0 Å². The van der Waals surface area contributed by atoms with E-state index in [0.29, 0.717) is 47.8 Å². The van der Waals surface area contributed by atoms with Crippen molar-refractivity contribution in [3.8, 4) is 22.9 Å². The number of methoxy groups -OCH3 is 3. The summed E-state index contributed by atoms with van der Waals surface area (Å²) in [5.41, 5.74) is 3.27. The maximum Gasteiger partial charge on any atom is 0.229 e. The molecule has 0 saturated carbocycles. The average molecular weight is 490 g/mol. The van der Waals surface area contributed by atoms with Crippen LogP contribution >= 0.6 is 0 Å². The van der Waals surface area contributed by atoms with Gasteiger partial charge in [-0.15, -0.1) is 0 Å². The zero-order chi connectivity index (χ0) is 25.7. The third-order valence-electron chi connectivity index (χ3n) is 5.61. The van der Waals surface area contributed by atoms with Crippen molar-refractivity contribution in [3.05, 3.63) is 60.4 Å². The van der Waals surface area contributed by atoms with E-state index < -0.39 is 0 Å². The van der Waals surface area contributed by atoms with Gasteiger partial charge in [0.2, 0.25) is 17.6 Å². The predicted molar refractivity (Wildman–Crippen MR) is 140 cm³/mol. The zero-order valence-corrected chi connectivity index (χ0v) is 21.2. The molecule has 0 bridgehead atoms. The topological polar surface area (TPSA) is 99.5 Å². The molecule has 36 heavy (non-hydrogen) atoms. The van der Waals surface area contributed by atoms with Crippen molar-refractivity contribution in [2.24, 2.45) is 5.92 Å². The van der Waals surface area contributed by atoms with E-state index in [9.17, 15) is 4.79 Å². The van der Waals surface area contributed by atoms with Gasteiger partial charge in [0.15, 0.2) is 11.5 Å². The molecule has 0 fully saturated rings. The van der Waals surface area contributed by atoms with Crippen LogP contribution in [0.15, 0.2) is 54.9 Å². The Balaban J connectivity index is 1.61. The number of hydrogen-bond donors (Lipinski definition) is 2. The molecule has 2 heterocycles. The van der Waals surface area contributed by atoms with Crippen LogP contribution in [-0.2, 0) is 11.2 Å². The third kappa shape index (κ3) is 5.51. The molecule has 0 atom stereocenters. The first-order chi connectivity index (χ1) is 17.4. The number of nitrogens with one attached hydrogen (secondary N) is 2. The lowest BCUT2D eigenvalue weighted by atomic mass is 10.1. The number of anilines is 2. The lowest BCUT2D eigenvalue weighted by Crippen LogP contribution is -2.28. The summed E-state index contributed by atoms with van der Waals surface area (Å²) in [5, 5.41) is 7.08. The van der Waals surface area contributed by atoms with Crippen LogP contribution in [0.1, 0.15) is 19.4 Å². The normalized spacial score (nSPS) is 10.9. The molecule has 1 amide bonds. The Morgan fingerprint density at radius 3 is 2.44 bits per heavy atom. The van der Waals surface area contributed by atoms with Gasteiger partial charge in [-0.05, 0) is 29.7 Å². The summed E-state index contributed by atoms with van der Waals surface area (Å²) in [4.78, 5) is 21.5. The first-order valence-electron chi connectivity index (χ1n) is 11.7. The van der Waals surface area contributed by atoms with Crippen LogP contribution in [0.3, 0.4) is 0 Å². The summed E-state index contributed by atoms with van der Waals surface area (Å²) in [5.74, 6) is 2.40. The largest absolute Gasteiger partial charge is 0.493 e. The van der Waals surface area contributed by atoms with Crippen LogP contribution in [0, 0.1) is 5.92 Å². The highest BCUT2D eigenvalue weighted by Crippen LogP contribution is 2.40. The summed E-state index contributed by atoms with van der Waals surface area (Å²) >= 11 is 0. The van der Waals surface area contributed by atoms with Crippen molar-refractivity contribution >= 4 is 28.6 Å². The highest BCUT2D eigenvalue weighted by molar-refractivity contribution is 5.80. The van der Waals surface area contributed by atoms with Gasteiger partial charge in [-0.25, -0.2) is 4.98 Å². The van der Waals surface area contributed by atoms with E-state index in [1.807, 2.05) is 41.1 Å². The molecule has 9 heteroatoms. The number of carbonyl (C=O) groups is 1. The molecular formula is C27H31N5O4. The van der Waals surface area contributed by atoms with E-state index in [0.717, 1.165) is 22.3 Å². The van der Waals surface area contributed by atoms with Gasteiger partial charge in [0, 0.05) is 47.8 Å². The number of nitrogens with zero attached hydrogens (tertiary/aromatic N) is 3. The SMILES string of the molecule is COc1cc(Nc2ncc3ccn(-c4cccc(CC(=O)NCC(C)C)c4)c3n2)cc(OC)c1OC. The molecular weight excluding hydrogens is 458 g/mol. The van der Waals surface area contributed by atoms with Crippen LogP contribution in [0.4, 0.5) is 11.6 Å². The van der Waals surface area contributed by atoms with Crippen molar-refractivity contribution in [2.45, 2.75) is 20.3 Å². The number of aromatic nitrogens is 3. The monoisotopic (exact) mass is 489 g/mol. The first kappa shape index (κ1) is 24.8. The number of hydrogen-bond acceptors (Lipinski definition) is 7. The van der Waals surface area contributed by atoms with Gasteiger partial charge < -0.3 is 29.4 Å². The average Bonchev–Trinajstić information content (AvgIpc) is 3.30. The fourth-order valence-electron chi connectivity index (χ4n) is 3.85. The minimum absolute atomic E-state index is 0.0115. The van der Waals surface area contributed by atoms with Crippen LogP contribution in [-0.4, -0.2) is 48.3 Å². The fraction of sp³-hybridized carbons (Fsp3) is 0.296. The summed E-state index contributed by atoms with van der Waals surface area (Å²) in [6.07, 6.45) is 4.03. The van der Waals surface area contributed by atoms with Gasteiger partial charge in [-0.1, -0.05) is 26.0 Å². The second kappa shape index (κ2) is 11.0. The van der Waals surface area contributed by atoms with Crippen molar-refractivity contribution in [1.82, 2.24) is 19.9 Å². The summed E-state index contributed by atoms with van der Waals surface area (Å²) < 4.78 is 18.3. The number of carbonyl (C=O) groups excluding carboxylic acids is 1. The Hall–Kier alpha value is -4.27. The molecule has 4 aromatic rings. The van der Waals surface area contributed by atoms with Crippen molar-refractivity contribution in [3.63, 3.8) is 0 Å². The molecule has 0 aliphatic heterocycles. The summed E-state index contributed by atoms with van der Waals surface area (Å²) in [7, 11) is 4.70. The second-order valence-corrected chi connectivity index (χ2v) is 8.74. The van der Waals surface area contributed by atoms with Gasteiger partial charge in [-0.3, -0.25) is 4.79 Å². The Morgan fingerprint density at radius 1 is 1.03 bits per heavy atom. The smallest absolute Gasteiger partial charge is 0.229 e. The van der Waals surface area contributed by atoms with Gasteiger partial charge in [0.05, 0.1) is 27.8 Å². The summed E-state index contributed by atoms with van der Waals surface area (Å²) in [6.45, 7) is 4.81. The van der Waals surface area contributed by atoms with E-state index in [-0.39, 0.29) is 5.91 Å². The molecule has 188 valence electrons. The molecule has 2 aromatic heterocycles. The molecule has 0 unspecified atom stereocenters. The predicted octanol–water partition coefficient (Wildman–Crippen LogP) is 4.50. The maximum atomic E-state index is 12.3. The van der Waals surface area contributed by atoms with Gasteiger partial charge in [0.25, 0.3) is 0 Å². The number of fused-ring (bicyclic) bond motifs is 1. The van der Waals surface area contributed by atoms with E-state index in [2.05, 4.69) is 29.5 Å². The van der Waals surface area contributed by atoms with Crippen LogP contribution in [0.5, 0.6) is 17.2 Å². The lowest BCUT2D eigenvalue weighted by molar-refractivity contribution is -0.120. The lowest BCUT2D eigenvalue weighted by Gasteiger charge is -2.14. The fourth-order valence-corrected chi connectivity index (χ4v) is 3.85. The first-order valence-corrected chi connectivity index (χ1v) is 11.7. The molecule has 9 nitrogen and oxygen atoms in total. The zero-order valence-electron chi connectivity index (χ0n) is 21.2. The molecule has 4 rings (SSSR count). The Labute approximate surface area is 210 Å². The van der Waals surface area contributed by atoms with E-state index in [1.165, 1.54) is 0 Å². The summed E-state index contributed by atoms with van der Waals surface area (Å²) in [6, 6.07) is 13.4. The van der Waals surface area contributed by atoms with Gasteiger partial charge in [-0.2, -0.15) is 4.98 Å². The van der Waals surface area contributed by atoms with Crippen LogP contribution < -0.4 is 24.8 Å². The molecule has 2 N–H and O–H groups in total. The molecule has 0 aliphatic carbocycles. The Kier molecular flexibility index (Phi) is 7.58. The minimum Gasteiger partial charge on any atom is -0.493 e. The number of rotatable bonds is 10. The molecule has 0 spiro atoms. The van der Waals surface area contributed by atoms with Gasteiger partial charge >= 0.3 is 0 Å². The maximum absolute atomic E-state index is 12.3. The molecule has 0 saturated heterocycles. The number of ether oxygens (including phenoxy) is 3. The number of amides is 1. The Morgan fingerprint density at radius 2 is 1.78 bits per heavy atom.